The third-order valence-electron chi connectivity index (χ3n) is 5.01. The largest absolute Gasteiger partial charge is 0.444 e. The molecule has 0 radical (unpaired) electrons. The second-order valence-electron chi connectivity index (χ2n) is 8.95. The van der Waals surface area contributed by atoms with Crippen molar-refractivity contribution in [3.8, 4) is 11.1 Å². The number of carbonyl (C=O) groups is 1. The number of nitrogens with one attached hydrogen (secondary N) is 2. The Morgan fingerprint density at radius 3 is 2.61 bits per heavy atom. The zero-order valence-corrected chi connectivity index (χ0v) is 19.6. The lowest BCUT2D eigenvalue weighted by Crippen LogP contribution is -2.36. The first kappa shape index (κ1) is 22.8. The molecule has 1 aliphatic heterocycles. The number of nitrogens with zero attached hydrogens (tertiary/aromatic N) is 4. The van der Waals surface area contributed by atoms with Crippen molar-refractivity contribution in [1.29, 1.82) is 0 Å². The van der Waals surface area contributed by atoms with Crippen molar-refractivity contribution in [3.63, 3.8) is 0 Å². The highest BCUT2D eigenvalue weighted by Crippen LogP contribution is 2.24. The van der Waals surface area contributed by atoms with Crippen LogP contribution in [0.15, 0.2) is 55.1 Å². The minimum atomic E-state index is -0.498. The van der Waals surface area contributed by atoms with Crippen molar-refractivity contribution < 1.29 is 9.53 Å². The van der Waals surface area contributed by atoms with Gasteiger partial charge in [0.25, 0.3) is 0 Å². The lowest BCUT2D eigenvalue weighted by atomic mass is 10.1. The number of ether oxygens (including phenoxy) is 1. The molecule has 0 aliphatic carbocycles. The summed E-state index contributed by atoms with van der Waals surface area (Å²) in [4.78, 5) is 27.2. The van der Waals surface area contributed by atoms with Crippen LogP contribution < -0.4 is 10.6 Å². The zero-order chi connectivity index (χ0) is 23.4. The van der Waals surface area contributed by atoms with E-state index < -0.39 is 5.60 Å². The van der Waals surface area contributed by atoms with Gasteiger partial charge in [-0.05, 0) is 51.5 Å². The summed E-state index contributed by atoms with van der Waals surface area (Å²) in [6.07, 6.45) is 7.62. The van der Waals surface area contributed by atoms with Crippen LogP contribution >= 0.6 is 11.6 Å². The highest BCUT2D eigenvalue weighted by Gasteiger charge is 2.29. The molecule has 1 saturated heterocycles. The highest BCUT2D eigenvalue weighted by atomic mass is 35.5. The summed E-state index contributed by atoms with van der Waals surface area (Å²) in [5.74, 6) is 0.483. The van der Waals surface area contributed by atoms with Crippen LogP contribution in [0, 0.1) is 0 Å². The van der Waals surface area contributed by atoms with E-state index in [2.05, 4.69) is 25.6 Å². The smallest absolute Gasteiger partial charge is 0.410 e. The zero-order valence-electron chi connectivity index (χ0n) is 18.9. The molecule has 0 unspecified atom stereocenters. The van der Waals surface area contributed by atoms with Gasteiger partial charge in [0.05, 0.1) is 5.69 Å². The van der Waals surface area contributed by atoms with E-state index in [1.807, 2.05) is 51.1 Å². The SMILES string of the molecule is CC(C)(C)OC(=O)N1CC[C@H](Nc2cncc(-c3cnc(Nc4cccc(Cl)c4)nc3)c2)C1. The number of amides is 1. The summed E-state index contributed by atoms with van der Waals surface area (Å²) in [5.41, 5.74) is 2.95. The molecule has 0 bridgehead atoms. The van der Waals surface area contributed by atoms with Crippen molar-refractivity contribution in [3.05, 3.63) is 60.1 Å². The maximum atomic E-state index is 12.3. The lowest BCUT2D eigenvalue weighted by Gasteiger charge is -2.24. The Morgan fingerprint density at radius 1 is 1.09 bits per heavy atom. The third kappa shape index (κ3) is 6.32. The normalized spacial score (nSPS) is 15.9. The summed E-state index contributed by atoms with van der Waals surface area (Å²) in [6, 6.07) is 9.52. The number of anilines is 3. The molecule has 33 heavy (non-hydrogen) atoms. The molecule has 4 rings (SSSR count). The first-order valence-electron chi connectivity index (χ1n) is 10.8. The van der Waals surface area contributed by atoms with Crippen LogP contribution in [0.1, 0.15) is 27.2 Å². The molecule has 172 valence electrons. The number of aromatic nitrogens is 3. The average molecular weight is 467 g/mol. The van der Waals surface area contributed by atoms with E-state index in [1.165, 1.54) is 0 Å². The van der Waals surface area contributed by atoms with Crippen molar-refractivity contribution in [2.75, 3.05) is 23.7 Å². The predicted octanol–water partition coefficient (Wildman–Crippen LogP) is 5.36. The second kappa shape index (κ2) is 9.62. The number of halogens is 1. The molecule has 3 aromatic rings. The monoisotopic (exact) mass is 466 g/mol. The van der Waals surface area contributed by atoms with Crippen molar-refractivity contribution >= 4 is 35.0 Å². The maximum absolute atomic E-state index is 12.3. The van der Waals surface area contributed by atoms with Gasteiger partial charge in [-0.2, -0.15) is 0 Å². The topological polar surface area (TPSA) is 92.3 Å². The van der Waals surface area contributed by atoms with E-state index in [1.54, 1.807) is 29.7 Å². The van der Waals surface area contributed by atoms with Crippen LogP contribution in [0.5, 0.6) is 0 Å². The number of hydrogen-bond donors (Lipinski definition) is 2. The van der Waals surface area contributed by atoms with Crippen LogP contribution in [-0.4, -0.2) is 50.7 Å². The number of benzene rings is 1. The van der Waals surface area contributed by atoms with Gasteiger partial charge in [0.15, 0.2) is 0 Å². The fourth-order valence-corrected chi connectivity index (χ4v) is 3.71. The second-order valence-corrected chi connectivity index (χ2v) is 9.39. The van der Waals surface area contributed by atoms with Crippen molar-refractivity contribution in [1.82, 2.24) is 19.9 Å². The standard InChI is InChI=1S/C24H27ClN6O2/c1-24(2,3)33-23(32)31-8-7-20(15-31)29-21-9-16(11-26-14-21)17-12-27-22(28-13-17)30-19-6-4-5-18(25)10-19/h4-6,9-14,20,29H,7-8,15H2,1-3H3,(H,27,28,30)/t20-/m0/s1. The summed E-state index contributed by atoms with van der Waals surface area (Å²) in [6.45, 7) is 6.87. The number of pyridine rings is 1. The van der Waals surface area contributed by atoms with Crippen molar-refractivity contribution in [2.24, 2.45) is 0 Å². The van der Waals surface area contributed by atoms with Gasteiger partial charge in [0.2, 0.25) is 5.95 Å². The minimum Gasteiger partial charge on any atom is -0.444 e. The van der Waals surface area contributed by atoms with Gasteiger partial charge < -0.3 is 20.3 Å². The van der Waals surface area contributed by atoms with Crippen LogP contribution in [0.3, 0.4) is 0 Å². The molecule has 1 amide bonds. The van der Waals surface area contributed by atoms with Gasteiger partial charge in [-0.1, -0.05) is 17.7 Å². The average Bonchev–Trinajstić information content (AvgIpc) is 3.22. The fraction of sp³-hybridized carbons (Fsp3) is 0.333. The molecule has 2 aromatic heterocycles. The molecule has 8 nitrogen and oxygen atoms in total. The van der Waals surface area contributed by atoms with Gasteiger partial charge in [-0.15, -0.1) is 0 Å². The van der Waals surface area contributed by atoms with Crippen molar-refractivity contribution in [2.45, 2.75) is 38.8 Å². The summed E-state index contributed by atoms with van der Waals surface area (Å²) in [5, 5.41) is 7.25. The minimum absolute atomic E-state index is 0.134. The Balaban J connectivity index is 1.37. The molecule has 2 N–H and O–H groups in total. The number of carbonyl (C=O) groups excluding carboxylic acids is 1. The summed E-state index contributed by atoms with van der Waals surface area (Å²) in [7, 11) is 0. The number of likely N-dealkylation sites (tertiary alicyclic amines) is 1. The van der Waals surface area contributed by atoms with E-state index in [0.29, 0.717) is 24.1 Å². The van der Waals surface area contributed by atoms with Gasteiger partial charge in [0.1, 0.15) is 5.60 Å². The van der Waals surface area contributed by atoms with Gasteiger partial charge >= 0.3 is 6.09 Å². The highest BCUT2D eigenvalue weighted by molar-refractivity contribution is 6.30. The molecule has 1 fully saturated rings. The van der Waals surface area contributed by atoms with E-state index >= 15 is 0 Å². The molecule has 1 aliphatic rings. The summed E-state index contributed by atoms with van der Waals surface area (Å²) < 4.78 is 5.47. The molecule has 1 aromatic carbocycles. The molecule has 9 heteroatoms. The van der Waals surface area contributed by atoms with Crippen LogP contribution in [0.25, 0.3) is 11.1 Å². The van der Waals surface area contributed by atoms with E-state index in [-0.39, 0.29) is 12.1 Å². The molecule has 3 heterocycles. The summed E-state index contributed by atoms with van der Waals surface area (Å²) >= 11 is 6.02. The molecular weight excluding hydrogens is 440 g/mol. The molecule has 1 atom stereocenters. The predicted molar refractivity (Wildman–Crippen MR) is 130 cm³/mol. The first-order valence-corrected chi connectivity index (χ1v) is 11.2. The Hall–Kier alpha value is -3.39. The van der Waals surface area contributed by atoms with E-state index in [9.17, 15) is 4.79 Å². The third-order valence-corrected chi connectivity index (χ3v) is 5.25. The quantitative estimate of drug-likeness (QED) is 0.523. The fourth-order valence-electron chi connectivity index (χ4n) is 3.52. The Bertz CT molecular complexity index is 1120. The van der Waals surface area contributed by atoms with Crippen LogP contribution in [0.4, 0.5) is 22.1 Å². The van der Waals surface area contributed by atoms with Gasteiger partial charge in [-0.25, -0.2) is 14.8 Å². The van der Waals surface area contributed by atoms with E-state index in [4.69, 9.17) is 16.3 Å². The molecule has 0 spiro atoms. The lowest BCUT2D eigenvalue weighted by molar-refractivity contribution is 0.0293. The number of rotatable bonds is 5. The van der Waals surface area contributed by atoms with E-state index in [0.717, 1.165) is 28.9 Å². The Labute approximate surface area is 198 Å². The van der Waals surface area contributed by atoms with Crippen LogP contribution in [0.2, 0.25) is 5.02 Å². The Kier molecular flexibility index (Phi) is 6.65. The Morgan fingerprint density at radius 2 is 1.88 bits per heavy atom. The van der Waals surface area contributed by atoms with Gasteiger partial charge in [-0.3, -0.25) is 4.98 Å². The van der Waals surface area contributed by atoms with Gasteiger partial charge in [0, 0.05) is 65.8 Å². The number of hydrogen-bond acceptors (Lipinski definition) is 7. The van der Waals surface area contributed by atoms with Crippen LogP contribution in [-0.2, 0) is 4.74 Å². The maximum Gasteiger partial charge on any atom is 0.410 e. The first-order chi connectivity index (χ1) is 15.7. The molecule has 0 saturated carbocycles. The molecular formula is C24H27ClN6O2.